The summed E-state index contributed by atoms with van der Waals surface area (Å²) in [6, 6.07) is 7.15. The normalized spacial score (nSPS) is 21.2. The first-order valence-electron chi connectivity index (χ1n) is 6.29. The lowest BCUT2D eigenvalue weighted by Crippen LogP contribution is -2.39. The molecular formula is C13H17F2NO2S. The van der Waals surface area contributed by atoms with E-state index >= 15 is 0 Å². The number of halogens is 2. The summed E-state index contributed by atoms with van der Waals surface area (Å²) in [6.45, 7) is 1.03. The largest absolute Gasteiger partial charge is 0.256 e. The second-order valence-electron chi connectivity index (χ2n) is 4.85. The number of hydrogen-bond acceptors (Lipinski definition) is 2. The molecule has 0 radical (unpaired) electrons. The molecule has 1 N–H and O–H groups in total. The van der Waals surface area contributed by atoms with Crippen LogP contribution in [-0.2, 0) is 16.4 Å². The number of nitrogens with one attached hydrogen (secondary N) is 1. The highest BCUT2D eigenvalue weighted by Gasteiger charge is 2.33. The van der Waals surface area contributed by atoms with E-state index in [1.165, 1.54) is 0 Å². The van der Waals surface area contributed by atoms with Gasteiger partial charge in [-0.15, -0.1) is 0 Å². The van der Waals surface area contributed by atoms with Crippen LogP contribution in [0.25, 0.3) is 0 Å². The number of fused-ring (bicyclic) bond motifs is 1. The van der Waals surface area contributed by atoms with E-state index in [1.54, 1.807) is 0 Å². The molecule has 2 rings (SSSR count). The van der Waals surface area contributed by atoms with Crippen LogP contribution >= 0.6 is 0 Å². The minimum atomic E-state index is -4.00. The molecule has 0 bridgehead atoms. The number of benzene rings is 1. The minimum Gasteiger partial charge on any atom is -0.212 e. The molecule has 19 heavy (non-hydrogen) atoms. The van der Waals surface area contributed by atoms with Gasteiger partial charge in [-0.1, -0.05) is 24.3 Å². The number of hydrogen-bond donors (Lipinski definition) is 1. The van der Waals surface area contributed by atoms with E-state index in [9.17, 15) is 17.2 Å². The third-order valence-electron chi connectivity index (χ3n) is 3.52. The molecule has 0 aromatic heterocycles. The first kappa shape index (κ1) is 14.4. The highest BCUT2D eigenvalue weighted by Crippen LogP contribution is 2.30. The van der Waals surface area contributed by atoms with Crippen LogP contribution < -0.4 is 4.72 Å². The Balaban J connectivity index is 2.22. The summed E-state index contributed by atoms with van der Waals surface area (Å²) in [5.41, 5.74) is 1.99. The molecule has 2 atom stereocenters. The Morgan fingerprint density at radius 3 is 2.68 bits per heavy atom. The Hall–Kier alpha value is -1.01. The topological polar surface area (TPSA) is 46.2 Å². The number of alkyl halides is 2. The Labute approximate surface area is 112 Å². The van der Waals surface area contributed by atoms with E-state index in [0.717, 1.165) is 30.9 Å². The summed E-state index contributed by atoms with van der Waals surface area (Å²) >= 11 is 0. The molecule has 0 heterocycles. The van der Waals surface area contributed by atoms with Gasteiger partial charge in [0.15, 0.2) is 0 Å². The van der Waals surface area contributed by atoms with Crippen LogP contribution in [0.2, 0.25) is 0 Å². The molecule has 0 saturated heterocycles. The van der Waals surface area contributed by atoms with Crippen molar-refractivity contribution in [3.63, 3.8) is 0 Å². The fraction of sp³-hybridized carbons (Fsp3) is 0.538. The summed E-state index contributed by atoms with van der Waals surface area (Å²) in [7, 11) is -4.00. The summed E-state index contributed by atoms with van der Waals surface area (Å²) in [5, 5.41) is -1.69. The fourth-order valence-corrected chi connectivity index (χ4v) is 3.44. The van der Waals surface area contributed by atoms with Gasteiger partial charge < -0.3 is 0 Å². The van der Waals surface area contributed by atoms with Gasteiger partial charge >= 0.3 is 0 Å². The molecule has 6 heteroatoms. The van der Waals surface area contributed by atoms with Gasteiger partial charge in [0.25, 0.3) is 6.43 Å². The van der Waals surface area contributed by atoms with Gasteiger partial charge in [0.1, 0.15) is 5.25 Å². The van der Waals surface area contributed by atoms with Crippen LogP contribution in [0, 0.1) is 0 Å². The van der Waals surface area contributed by atoms with Crippen molar-refractivity contribution in [2.45, 2.75) is 43.9 Å². The molecule has 0 aliphatic heterocycles. The van der Waals surface area contributed by atoms with E-state index in [2.05, 4.69) is 4.72 Å². The summed E-state index contributed by atoms with van der Waals surface area (Å²) in [5.74, 6) is 0. The van der Waals surface area contributed by atoms with E-state index < -0.39 is 27.7 Å². The van der Waals surface area contributed by atoms with Gasteiger partial charge in [-0.3, -0.25) is 0 Å². The summed E-state index contributed by atoms with van der Waals surface area (Å²) in [4.78, 5) is 0. The van der Waals surface area contributed by atoms with Crippen molar-refractivity contribution in [2.24, 2.45) is 0 Å². The van der Waals surface area contributed by atoms with Gasteiger partial charge in [-0.25, -0.2) is 21.9 Å². The number of aryl methyl sites for hydroxylation is 1. The Bertz CT molecular complexity index is 545. The van der Waals surface area contributed by atoms with Gasteiger partial charge in [0.05, 0.1) is 0 Å². The molecular weight excluding hydrogens is 272 g/mol. The molecule has 1 aliphatic rings. The first-order valence-corrected chi connectivity index (χ1v) is 7.83. The quantitative estimate of drug-likeness (QED) is 0.926. The van der Waals surface area contributed by atoms with E-state index in [-0.39, 0.29) is 0 Å². The Kier molecular flexibility index (Phi) is 4.20. The van der Waals surface area contributed by atoms with Gasteiger partial charge in [0.2, 0.25) is 10.0 Å². The molecule has 106 valence electrons. The van der Waals surface area contributed by atoms with Crippen LogP contribution in [0.15, 0.2) is 24.3 Å². The SMILES string of the molecule is CC(C(F)F)S(=O)(=O)NC1CCCc2ccccc21. The van der Waals surface area contributed by atoms with Crippen molar-refractivity contribution in [3.8, 4) is 0 Å². The van der Waals surface area contributed by atoms with Crippen molar-refractivity contribution in [1.82, 2.24) is 4.72 Å². The van der Waals surface area contributed by atoms with Crippen LogP contribution in [-0.4, -0.2) is 20.1 Å². The number of rotatable bonds is 4. The van der Waals surface area contributed by atoms with Crippen molar-refractivity contribution in [3.05, 3.63) is 35.4 Å². The highest BCUT2D eigenvalue weighted by atomic mass is 32.2. The van der Waals surface area contributed by atoms with Crippen molar-refractivity contribution in [1.29, 1.82) is 0 Å². The monoisotopic (exact) mass is 289 g/mol. The predicted molar refractivity (Wildman–Crippen MR) is 69.6 cm³/mol. The zero-order valence-electron chi connectivity index (χ0n) is 10.6. The predicted octanol–water partition coefficient (Wildman–Crippen LogP) is 2.64. The molecule has 2 unspecified atom stereocenters. The third kappa shape index (κ3) is 3.12. The van der Waals surface area contributed by atoms with Crippen LogP contribution in [0.1, 0.15) is 36.9 Å². The second-order valence-corrected chi connectivity index (χ2v) is 6.92. The molecule has 1 aliphatic carbocycles. The molecule has 1 aromatic rings. The molecule has 0 saturated carbocycles. The lowest BCUT2D eigenvalue weighted by Gasteiger charge is -2.27. The van der Waals surface area contributed by atoms with Gasteiger partial charge in [-0.05, 0) is 37.3 Å². The van der Waals surface area contributed by atoms with E-state index in [1.807, 2.05) is 24.3 Å². The second kappa shape index (κ2) is 5.54. The third-order valence-corrected chi connectivity index (χ3v) is 5.32. The zero-order valence-corrected chi connectivity index (χ0v) is 11.5. The van der Waals surface area contributed by atoms with E-state index in [0.29, 0.717) is 6.42 Å². The van der Waals surface area contributed by atoms with E-state index in [4.69, 9.17) is 0 Å². The van der Waals surface area contributed by atoms with Crippen LogP contribution in [0.4, 0.5) is 8.78 Å². The van der Waals surface area contributed by atoms with Gasteiger partial charge in [-0.2, -0.15) is 0 Å². The average Bonchev–Trinajstić information content (AvgIpc) is 2.38. The van der Waals surface area contributed by atoms with Crippen molar-refractivity contribution < 1.29 is 17.2 Å². The highest BCUT2D eigenvalue weighted by molar-refractivity contribution is 7.90. The summed E-state index contributed by atoms with van der Waals surface area (Å²) < 4.78 is 51.3. The lowest BCUT2D eigenvalue weighted by molar-refractivity contribution is 0.146. The molecule has 0 spiro atoms. The maximum atomic E-state index is 12.6. The average molecular weight is 289 g/mol. The Morgan fingerprint density at radius 2 is 2.00 bits per heavy atom. The first-order chi connectivity index (χ1) is 8.92. The van der Waals surface area contributed by atoms with Crippen molar-refractivity contribution >= 4 is 10.0 Å². The number of sulfonamides is 1. The van der Waals surface area contributed by atoms with Gasteiger partial charge in [0, 0.05) is 6.04 Å². The standard InChI is InChI=1S/C13H17F2NO2S/c1-9(13(14)15)19(17,18)16-12-8-4-6-10-5-2-3-7-11(10)12/h2-3,5,7,9,12-13,16H,4,6,8H2,1H3. The maximum absolute atomic E-state index is 12.6. The fourth-order valence-electron chi connectivity index (χ4n) is 2.32. The smallest absolute Gasteiger partial charge is 0.212 e. The molecule has 0 amide bonds. The zero-order chi connectivity index (χ0) is 14.0. The summed E-state index contributed by atoms with van der Waals surface area (Å²) in [6.07, 6.45) is -0.477. The molecule has 0 fully saturated rings. The van der Waals surface area contributed by atoms with Crippen LogP contribution in [0.3, 0.4) is 0 Å². The maximum Gasteiger partial charge on any atom is 0.256 e. The van der Waals surface area contributed by atoms with Crippen LogP contribution in [0.5, 0.6) is 0 Å². The minimum absolute atomic E-state index is 0.392. The molecule has 3 nitrogen and oxygen atoms in total. The Morgan fingerprint density at radius 1 is 1.32 bits per heavy atom. The molecule has 1 aromatic carbocycles. The van der Waals surface area contributed by atoms with Crippen molar-refractivity contribution in [2.75, 3.05) is 0 Å². The lowest BCUT2D eigenvalue weighted by atomic mass is 9.88.